The van der Waals surface area contributed by atoms with E-state index in [1.54, 1.807) is 0 Å². The maximum absolute atomic E-state index is 12.8. The molecule has 0 radical (unpaired) electrons. The molecule has 0 aliphatic rings. The fourth-order valence-electron chi connectivity index (χ4n) is 2.55. The van der Waals surface area contributed by atoms with Crippen LogP contribution in [0.25, 0.3) is 0 Å². The minimum Gasteiger partial charge on any atom is -0.402 e. The number of benzene rings is 1. The third-order valence-corrected chi connectivity index (χ3v) is 4.37. The van der Waals surface area contributed by atoms with Crippen LogP contribution in [-0.4, -0.2) is 5.91 Å². The van der Waals surface area contributed by atoms with Crippen LogP contribution in [0.3, 0.4) is 0 Å². The van der Waals surface area contributed by atoms with Crippen molar-refractivity contribution in [1.29, 1.82) is 0 Å². The number of carbonyl (C=O) groups is 1. The van der Waals surface area contributed by atoms with Gasteiger partial charge in [0.05, 0.1) is 0 Å². The van der Waals surface area contributed by atoms with Gasteiger partial charge in [0.1, 0.15) is 0 Å². The lowest BCUT2D eigenvalue weighted by Crippen LogP contribution is -2.27. The molecular weight excluding hydrogens is 320 g/mol. The van der Waals surface area contributed by atoms with E-state index in [0.29, 0.717) is 11.6 Å². The smallest absolute Gasteiger partial charge is 0.251 e. The standard InChI is InChI=1S/C20H29ClN2O/c1-5-8-17(18(22)7-3)19(14(4)6-2)20(24)23-13-15-9-11-16(21)12-10-15/h9-12H,5-8,13,22H2,1-4H3,(H,23,24)/b18-17-,19-14?. The number of hydrogen-bond donors (Lipinski definition) is 2. The lowest BCUT2D eigenvalue weighted by Gasteiger charge is -2.18. The fraction of sp³-hybridized carbons (Fsp3) is 0.450. The van der Waals surface area contributed by atoms with E-state index in [-0.39, 0.29) is 5.91 Å². The summed E-state index contributed by atoms with van der Waals surface area (Å²) in [6.07, 6.45) is 3.36. The first kappa shape index (κ1) is 20.3. The molecule has 0 atom stereocenters. The van der Waals surface area contributed by atoms with Crippen molar-refractivity contribution in [3.63, 3.8) is 0 Å². The molecule has 0 unspecified atom stereocenters. The van der Waals surface area contributed by atoms with E-state index in [4.69, 9.17) is 17.3 Å². The van der Waals surface area contributed by atoms with Crippen LogP contribution in [0.1, 0.15) is 58.9 Å². The Kier molecular flexibility index (Phi) is 8.62. The van der Waals surface area contributed by atoms with Crippen LogP contribution in [0.4, 0.5) is 0 Å². The number of hydrogen-bond acceptors (Lipinski definition) is 2. The summed E-state index contributed by atoms with van der Waals surface area (Å²) in [4.78, 5) is 12.8. The highest BCUT2D eigenvalue weighted by molar-refractivity contribution is 6.30. The molecule has 3 nitrogen and oxygen atoms in total. The first-order valence-corrected chi connectivity index (χ1v) is 9.02. The molecule has 0 heterocycles. The van der Waals surface area contributed by atoms with Crippen LogP contribution < -0.4 is 11.1 Å². The Bertz CT molecular complexity index is 615. The second-order valence-corrected chi connectivity index (χ2v) is 6.36. The van der Waals surface area contributed by atoms with Crippen molar-refractivity contribution in [3.05, 3.63) is 57.3 Å². The summed E-state index contributed by atoms with van der Waals surface area (Å²) in [5.74, 6) is -0.0517. The highest BCUT2D eigenvalue weighted by Gasteiger charge is 2.18. The van der Waals surface area contributed by atoms with E-state index < -0.39 is 0 Å². The Hall–Kier alpha value is -1.74. The maximum Gasteiger partial charge on any atom is 0.251 e. The molecule has 1 aromatic carbocycles. The molecule has 0 fully saturated rings. The first-order valence-electron chi connectivity index (χ1n) is 8.64. The first-order chi connectivity index (χ1) is 11.4. The summed E-state index contributed by atoms with van der Waals surface area (Å²) in [6.45, 7) is 8.67. The number of rotatable bonds is 8. The summed E-state index contributed by atoms with van der Waals surface area (Å²) >= 11 is 5.90. The van der Waals surface area contributed by atoms with Crippen molar-refractivity contribution >= 4 is 17.5 Å². The van der Waals surface area contributed by atoms with E-state index >= 15 is 0 Å². The van der Waals surface area contributed by atoms with Gasteiger partial charge in [-0.2, -0.15) is 0 Å². The molecule has 1 amide bonds. The zero-order valence-electron chi connectivity index (χ0n) is 15.2. The Morgan fingerprint density at radius 1 is 1.12 bits per heavy atom. The molecule has 24 heavy (non-hydrogen) atoms. The summed E-state index contributed by atoms with van der Waals surface area (Å²) in [5.41, 5.74) is 10.9. The van der Waals surface area contributed by atoms with Gasteiger partial charge in [0, 0.05) is 22.8 Å². The molecule has 4 heteroatoms. The van der Waals surface area contributed by atoms with Crippen molar-refractivity contribution < 1.29 is 4.79 Å². The van der Waals surface area contributed by atoms with E-state index in [1.165, 1.54) is 0 Å². The van der Waals surface area contributed by atoms with Gasteiger partial charge in [0.2, 0.25) is 0 Å². The minimum absolute atomic E-state index is 0.0517. The zero-order valence-corrected chi connectivity index (χ0v) is 16.0. The Labute approximate surface area is 151 Å². The van der Waals surface area contributed by atoms with Crippen LogP contribution in [0.15, 0.2) is 46.7 Å². The van der Waals surface area contributed by atoms with Gasteiger partial charge >= 0.3 is 0 Å². The van der Waals surface area contributed by atoms with Gasteiger partial charge < -0.3 is 11.1 Å². The molecule has 0 spiro atoms. The Balaban J connectivity index is 3.04. The molecule has 0 aromatic heterocycles. The van der Waals surface area contributed by atoms with Gasteiger partial charge in [-0.05, 0) is 49.5 Å². The van der Waals surface area contributed by atoms with Crippen molar-refractivity contribution in [2.45, 2.75) is 59.9 Å². The van der Waals surface area contributed by atoms with Crippen molar-refractivity contribution in [2.24, 2.45) is 5.73 Å². The quantitative estimate of drug-likeness (QED) is 0.507. The molecule has 0 bridgehead atoms. The molecule has 0 saturated heterocycles. The Morgan fingerprint density at radius 3 is 2.25 bits per heavy atom. The molecule has 0 aliphatic carbocycles. The predicted octanol–water partition coefficient (Wildman–Crippen LogP) is 5.11. The molecular formula is C20H29ClN2O. The van der Waals surface area contributed by atoms with E-state index in [1.807, 2.05) is 38.1 Å². The van der Waals surface area contributed by atoms with Crippen LogP contribution in [0, 0.1) is 0 Å². The second kappa shape index (κ2) is 10.2. The lowest BCUT2D eigenvalue weighted by molar-refractivity contribution is -0.117. The van der Waals surface area contributed by atoms with Crippen LogP contribution in [0.2, 0.25) is 5.02 Å². The van der Waals surface area contributed by atoms with Gasteiger partial charge in [-0.15, -0.1) is 0 Å². The van der Waals surface area contributed by atoms with Gasteiger partial charge in [-0.1, -0.05) is 56.5 Å². The lowest BCUT2D eigenvalue weighted by atomic mass is 9.92. The summed E-state index contributed by atoms with van der Waals surface area (Å²) in [5, 5.41) is 3.71. The number of allylic oxidation sites excluding steroid dienone is 2. The molecule has 132 valence electrons. The highest BCUT2D eigenvalue weighted by Crippen LogP contribution is 2.25. The van der Waals surface area contributed by atoms with E-state index in [0.717, 1.165) is 53.7 Å². The van der Waals surface area contributed by atoms with Crippen molar-refractivity contribution in [1.82, 2.24) is 5.32 Å². The Morgan fingerprint density at radius 2 is 1.75 bits per heavy atom. The summed E-state index contributed by atoms with van der Waals surface area (Å²) in [7, 11) is 0. The summed E-state index contributed by atoms with van der Waals surface area (Å²) in [6, 6.07) is 7.49. The fourth-order valence-corrected chi connectivity index (χ4v) is 2.67. The molecule has 1 aromatic rings. The predicted molar refractivity (Wildman–Crippen MR) is 103 cm³/mol. The zero-order chi connectivity index (χ0) is 18.1. The highest BCUT2D eigenvalue weighted by atomic mass is 35.5. The van der Waals surface area contributed by atoms with Crippen molar-refractivity contribution in [3.8, 4) is 0 Å². The average molecular weight is 349 g/mol. The summed E-state index contributed by atoms with van der Waals surface area (Å²) < 4.78 is 0. The average Bonchev–Trinajstić information content (AvgIpc) is 2.59. The van der Waals surface area contributed by atoms with Gasteiger partial charge in [0.25, 0.3) is 5.91 Å². The topological polar surface area (TPSA) is 55.1 Å². The van der Waals surface area contributed by atoms with E-state index in [9.17, 15) is 4.79 Å². The van der Waals surface area contributed by atoms with E-state index in [2.05, 4.69) is 19.2 Å². The van der Waals surface area contributed by atoms with Crippen LogP contribution in [0.5, 0.6) is 0 Å². The van der Waals surface area contributed by atoms with Crippen LogP contribution in [-0.2, 0) is 11.3 Å². The maximum atomic E-state index is 12.8. The second-order valence-electron chi connectivity index (χ2n) is 5.93. The monoisotopic (exact) mass is 348 g/mol. The number of nitrogens with two attached hydrogens (primary N) is 1. The van der Waals surface area contributed by atoms with Gasteiger partial charge in [-0.3, -0.25) is 4.79 Å². The largest absolute Gasteiger partial charge is 0.402 e. The van der Waals surface area contributed by atoms with Crippen LogP contribution >= 0.6 is 11.6 Å². The number of nitrogens with one attached hydrogen (secondary N) is 1. The van der Waals surface area contributed by atoms with Gasteiger partial charge in [-0.25, -0.2) is 0 Å². The van der Waals surface area contributed by atoms with Gasteiger partial charge in [0.15, 0.2) is 0 Å². The molecule has 0 aliphatic heterocycles. The molecule has 1 rings (SSSR count). The number of carbonyl (C=O) groups excluding carboxylic acids is 1. The third-order valence-electron chi connectivity index (χ3n) is 4.12. The number of halogens is 1. The molecule has 3 N–H and O–H groups in total. The normalized spacial score (nSPS) is 13.2. The third kappa shape index (κ3) is 5.72. The SMILES string of the molecule is CCC/C(C(C(=O)NCc1ccc(Cl)cc1)=C(C)CC)=C(/N)CC. The number of amides is 1. The molecule has 0 saturated carbocycles. The minimum atomic E-state index is -0.0517. The van der Waals surface area contributed by atoms with Crippen molar-refractivity contribution in [2.75, 3.05) is 0 Å².